The second kappa shape index (κ2) is 5.78. The fourth-order valence-corrected chi connectivity index (χ4v) is 1.90. The van der Waals surface area contributed by atoms with E-state index in [1.54, 1.807) is 0 Å². The van der Waals surface area contributed by atoms with E-state index in [0.717, 1.165) is 23.4 Å². The Balaban J connectivity index is 2.11. The molecule has 1 aromatic carbocycles. The first-order valence-corrected chi connectivity index (χ1v) is 6.27. The average molecular weight is 245 g/mol. The second-order valence-corrected chi connectivity index (χ2v) is 4.85. The highest BCUT2D eigenvalue weighted by atomic mass is 16.5. The zero-order chi connectivity index (χ0) is 13.0. The maximum absolute atomic E-state index is 5.71. The zero-order valence-corrected chi connectivity index (χ0v) is 10.9. The number of benzene rings is 1. The van der Waals surface area contributed by atoms with Crippen molar-refractivity contribution < 1.29 is 4.52 Å². The van der Waals surface area contributed by atoms with Gasteiger partial charge in [-0.25, -0.2) is 0 Å². The van der Waals surface area contributed by atoms with E-state index >= 15 is 0 Å². The van der Waals surface area contributed by atoms with Gasteiger partial charge in [0.1, 0.15) is 0 Å². The van der Waals surface area contributed by atoms with Gasteiger partial charge in [0.2, 0.25) is 5.89 Å². The lowest BCUT2D eigenvalue weighted by Crippen LogP contribution is -2.02. The molecular weight excluding hydrogens is 226 g/mol. The quantitative estimate of drug-likeness (QED) is 0.878. The van der Waals surface area contributed by atoms with Crippen molar-refractivity contribution >= 4 is 0 Å². The minimum Gasteiger partial charge on any atom is -0.339 e. The van der Waals surface area contributed by atoms with Crippen molar-refractivity contribution in [2.75, 3.05) is 0 Å². The summed E-state index contributed by atoms with van der Waals surface area (Å²) >= 11 is 0. The number of hydrogen-bond donors (Lipinski definition) is 1. The van der Waals surface area contributed by atoms with Crippen molar-refractivity contribution in [2.45, 2.75) is 33.2 Å². The Morgan fingerprint density at radius 3 is 2.61 bits per heavy atom. The summed E-state index contributed by atoms with van der Waals surface area (Å²) in [5.74, 6) is 1.98. The Labute approximate surface area is 107 Å². The molecular formula is C14H19N3O. The van der Waals surface area contributed by atoms with E-state index in [9.17, 15) is 0 Å². The fraction of sp³-hybridized carbons (Fsp3) is 0.429. The van der Waals surface area contributed by atoms with Gasteiger partial charge >= 0.3 is 0 Å². The molecule has 4 nitrogen and oxygen atoms in total. The van der Waals surface area contributed by atoms with Gasteiger partial charge in [-0.3, -0.25) is 0 Å². The van der Waals surface area contributed by atoms with Crippen molar-refractivity contribution in [1.29, 1.82) is 0 Å². The summed E-state index contributed by atoms with van der Waals surface area (Å²) in [5, 5.41) is 3.99. The van der Waals surface area contributed by atoms with Gasteiger partial charge < -0.3 is 10.3 Å². The lowest BCUT2D eigenvalue weighted by Gasteiger charge is -2.03. The third kappa shape index (κ3) is 3.17. The van der Waals surface area contributed by atoms with Crippen LogP contribution in [0.5, 0.6) is 0 Å². The predicted molar refractivity (Wildman–Crippen MR) is 70.0 cm³/mol. The number of aromatic nitrogens is 2. The summed E-state index contributed by atoms with van der Waals surface area (Å²) < 4.78 is 5.27. The molecule has 0 saturated carbocycles. The highest BCUT2D eigenvalue weighted by Crippen LogP contribution is 2.13. The van der Waals surface area contributed by atoms with E-state index in [2.05, 4.69) is 30.1 Å². The SMILES string of the molecule is CC(C)Cc1noc(Cc2ccccc2CN)n1. The van der Waals surface area contributed by atoms with Gasteiger partial charge in [-0.1, -0.05) is 43.3 Å². The molecule has 0 aliphatic rings. The summed E-state index contributed by atoms with van der Waals surface area (Å²) in [6.45, 7) is 4.81. The zero-order valence-electron chi connectivity index (χ0n) is 10.9. The molecule has 4 heteroatoms. The van der Waals surface area contributed by atoms with Gasteiger partial charge in [0, 0.05) is 13.0 Å². The Kier molecular flexibility index (Phi) is 4.10. The van der Waals surface area contributed by atoms with Crippen LogP contribution in [0.2, 0.25) is 0 Å². The molecule has 0 atom stereocenters. The van der Waals surface area contributed by atoms with Crippen molar-refractivity contribution in [2.24, 2.45) is 11.7 Å². The van der Waals surface area contributed by atoms with Gasteiger partial charge in [-0.15, -0.1) is 0 Å². The van der Waals surface area contributed by atoms with Crippen molar-refractivity contribution in [3.05, 3.63) is 47.1 Å². The van der Waals surface area contributed by atoms with Crippen LogP contribution >= 0.6 is 0 Å². The molecule has 0 radical (unpaired) electrons. The number of hydrogen-bond acceptors (Lipinski definition) is 4. The summed E-state index contributed by atoms with van der Waals surface area (Å²) in [7, 11) is 0. The van der Waals surface area contributed by atoms with Gasteiger partial charge in [0.15, 0.2) is 5.82 Å². The smallest absolute Gasteiger partial charge is 0.231 e. The maximum Gasteiger partial charge on any atom is 0.231 e. The van der Waals surface area contributed by atoms with Crippen LogP contribution in [-0.2, 0) is 19.4 Å². The number of nitrogens with zero attached hydrogens (tertiary/aromatic N) is 2. The van der Waals surface area contributed by atoms with Crippen molar-refractivity contribution in [3.8, 4) is 0 Å². The van der Waals surface area contributed by atoms with E-state index in [-0.39, 0.29) is 0 Å². The van der Waals surface area contributed by atoms with Crippen LogP contribution in [-0.4, -0.2) is 10.1 Å². The van der Waals surface area contributed by atoms with Crippen LogP contribution < -0.4 is 5.73 Å². The Hall–Kier alpha value is -1.68. The molecule has 0 unspecified atom stereocenters. The minimum absolute atomic E-state index is 0.531. The lowest BCUT2D eigenvalue weighted by molar-refractivity contribution is 0.376. The topological polar surface area (TPSA) is 64.9 Å². The molecule has 2 N–H and O–H groups in total. The highest BCUT2D eigenvalue weighted by Gasteiger charge is 2.10. The van der Waals surface area contributed by atoms with Crippen LogP contribution in [0.4, 0.5) is 0 Å². The molecule has 0 fully saturated rings. The van der Waals surface area contributed by atoms with Crippen LogP contribution in [0, 0.1) is 5.92 Å². The molecule has 1 heterocycles. The molecule has 18 heavy (non-hydrogen) atoms. The Morgan fingerprint density at radius 2 is 1.94 bits per heavy atom. The van der Waals surface area contributed by atoms with E-state index < -0.39 is 0 Å². The molecule has 0 saturated heterocycles. The summed E-state index contributed by atoms with van der Waals surface area (Å²) in [5.41, 5.74) is 7.99. The monoisotopic (exact) mass is 245 g/mol. The first kappa shape index (κ1) is 12.8. The van der Waals surface area contributed by atoms with Gasteiger partial charge in [0.05, 0.1) is 6.42 Å². The van der Waals surface area contributed by atoms with Gasteiger partial charge in [0.25, 0.3) is 0 Å². The largest absolute Gasteiger partial charge is 0.339 e. The first-order valence-electron chi connectivity index (χ1n) is 6.27. The van der Waals surface area contributed by atoms with E-state index in [0.29, 0.717) is 24.8 Å². The summed E-state index contributed by atoms with van der Waals surface area (Å²) in [6, 6.07) is 8.07. The fourth-order valence-electron chi connectivity index (χ4n) is 1.90. The number of rotatable bonds is 5. The van der Waals surface area contributed by atoms with E-state index in [1.165, 1.54) is 0 Å². The van der Waals surface area contributed by atoms with Gasteiger partial charge in [-0.2, -0.15) is 4.98 Å². The molecule has 2 rings (SSSR count). The van der Waals surface area contributed by atoms with Gasteiger partial charge in [-0.05, 0) is 17.0 Å². The first-order chi connectivity index (χ1) is 8.69. The summed E-state index contributed by atoms with van der Waals surface area (Å²) in [6.07, 6.45) is 1.50. The second-order valence-electron chi connectivity index (χ2n) is 4.85. The molecule has 0 aliphatic carbocycles. The highest BCUT2D eigenvalue weighted by molar-refractivity contribution is 5.28. The normalized spacial score (nSPS) is 11.1. The number of nitrogens with two attached hydrogens (primary N) is 1. The van der Waals surface area contributed by atoms with Crippen LogP contribution in [0.25, 0.3) is 0 Å². The average Bonchev–Trinajstić information content (AvgIpc) is 2.76. The third-order valence-corrected chi connectivity index (χ3v) is 2.78. The molecule has 96 valence electrons. The van der Waals surface area contributed by atoms with Crippen LogP contribution in [0.15, 0.2) is 28.8 Å². The van der Waals surface area contributed by atoms with Crippen LogP contribution in [0.3, 0.4) is 0 Å². The lowest BCUT2D eigenvalue weighted by atomic mass is 10.0. The molecule has 0 spiro atoms. The van der Waals surface area contributed by atoms with E-state index in [1.807, 2.05) is 18.2 Å². The standard InChI is InChI=1S/C14H19N3O/c1-10(2)7-13-16-14(18-17-13)8-11-5-3-4-6-12(11)9-15/h3-6,10H,7-9,15H2,1-2H3. The van der Waals surface area contributed by atoms with E-state index in [4.69, 9.17) is 10.3 Å². The molecule has 2 aromatic rings. The van der Waals surface area contributed by atoms with Crippen molar-refractivity contribution in [3.63, 3.8) is 0 Å². The van der Waals surface area contributed by atoms with Crippen molar-refractivity contribution in [1.82, 2.24) is 10.1 Å². The minimum atomic E-state index is 0.531. The summed E-state index contributed by atoms with van der Waals surface area (Å²) in [4.78, 5) is 4.40. The maximum atomic E-state index is 5.71. The molecule has 0 bridgehead atoms. The third-order valence-electron chi connectivity index (χ3n) is 2.78. The Morgan fingerprint density at radius 1 is 1.22 bits per heavy atom. The molecule has 1 aromatic heterocycles. The Bertz CT molecular complexity index is 505. The predicted octanol–water partition coefficient (Wildman–Crippen LogP) is 2.32. The molecule has 0 amide bonds. The molecule has 0 aliphatic heterocycles. The van der Waals surface area contributed by atoms with Crippen LogP contribution in [0.1, 0.15) is 36.7 Å².